The summed E-state index contributed by atoms with van der Waals surface area (Å²) in [5.41, 5.74) is -1.76. The zero-order valence-electron chi connectivity index (χ0n) is 15.3. The second-order valence-electron chi connectivity index (χ2n) is 7.07. The zero-order chi connectivity index (χ0) is 19.1. The van der Waals surface area contributed by atoms with E-state index in [0.29, 0.717) is 4.90 Å². The van der Waals surface area contributed by atoms with E-state index in [4.69, 9.17) is 14.7 Å². The molecule has 0 heterocycles. The molecule has 0 aliphatic rings. The molecule has 1 unspecified atom stereocenters. The maximum Gasteiger partial charge on any atom is 0.420 e. The van der Waals surface area contributed by atoms with Gasteiger partial charge in [-0.25, -0.2) is 14.4 Å². The minimum Gasteiger partial charge on any atom is -0.467 e. The first-order chi connectivity index (χ1) is 10.8. The van der Waals surface area contributed by atoms with E-state index in [9.17, 15) is 14.4 Å². The molecule has 0 spiro atoms. The molecular weight excluding hydrogens is 316 g/mol. The van der Waals surface area contributed by atoms with E-state index in [1.165, 1.54) is 0 Å². The summed E-state index contributed by atoms with van der Waals surface area (Å²) in [6.07, 6.45) is -2.21. The third-order valence-corrected chi connectivity index (χ3v) is 2.49. The first kappa shape index (κ1) is 21.7. The third-order valence-electron chi connectivity index (χ3n) is 2.49. The van der Waals surface area contributed by atoms with Gasteiger partial charge in [0.25, 0.3) is 0 Å². The molecule has 24 heavy (non-hydrogen) atoms. The fourth-order valence-electron chi connectivity index (χ4n) is 1.64. The molecule has 136 valence electrons. The Kier molecular flexibility index (Phi) is 7.71. The summed E-state index contributed by atoms with van der Waals surface area (Å²) >= 11 is 0. The Morgan fingerprint density at radius 2 is 1.42 bits per heavy atom. The predicted octanol–water partition coefficient (Wildman–Crippen LogP) is 3.00. The van der Waals surface area contributed by atoms with E-state index in [1.54, 1.807) is 41.5 Å². The Bertz CT molecular complexity index is 482. The van der Waals surface area contributed by atoms with Crippen molar-refractivity contribution in [2.75, 3.05) is 7.11 Å². The first-order valence-electron chi connectivity index (χ1n) is 7.52. The number of hydrogen-bond acceptors (Lipinski definition) is 7. The SMILES string of the molecule is COC(=O)C(CCC#N)N(C(=O)OC(C)(C)C)C(=O)OC(C)(C)C. The van der Waals surface area contributed by atoms with Crippen molar-refractivity contribution in [3.63, 3.8) is 0 Å². The number of imide groups is 1. The monoisotopic (exact) mass is 342 g/mol. The molecular formula is C16H26N2O6. The molecule has 0 radical (unpaired) electrons. The number of amides is 2. The molecule has 0 saturated heterocycles. The van der Waals surface area contributed by atoms with Crippen LogP contribution in [0.25, 0.3) is 0 Å². The lowest BCUT2D eigenvalue weighted by Gasteiger charge is -2.31. The van der Waals surface area contributed by atoms with Crippen LogP contribution in [-0.4, -0.2) is 47.4 Å². The van der Waals surface area contributed by atoms with E-state index in [0.717, 1.165) is 7.11 Å². The van der Waals surface area contributed by atoms with Gasteiger partial charge in [-0.15, -0.1) is 0 Å². The van der Waals surface area contributed by atoms with E-state index >= 15 is 0 Å². The Labute approximate surface area is 142 Å². The first-order valence-corrected chi connectivity index (χ1v) is 7.52. The number of nitriles is 1. The predicted molar refractivity (Wildman–Crippen MR) is 85.0 cm³/mol. The molecule has 0 fully saturated rings. The van der Waals surface area contributed by atoms with Crippen molar-refractivity contribution in [1.29, 1.82) is 5.26 Å². The number of esters is 1. The average molecular weight is 342 g/mol. The van der Waals surface area contributed by atoms with E-state index in [2.05, 4.69) is 4.74 Å². The molecule has 0 aromatic carbocycles. The highest BCUT2D eigenvalue weighted by Gasteiger charge is 2.40. The van der Waals surface area contributed by atoms with E-state index in [1.807, 2.05) is 6.07 Å². The summed E-state index contributed by atoms with van der Waals surface area (Å²) in [6, 6.07) is 0.562. The van der Waals surface area contributed by atoms with Gasteiger partial charge in [-0.2, -0.15) is 10.2 Å². The van der Waals surface area contributed by atoms with Gasteiger partial charge in [0.1, 0.15) is 17.2 Å². The molecule has 8 heteroatoms. The van der Waals surface area contributed by atoms with Gasteiger partial charge < -0.3 is 14.2 Å². The van der Waals surface area contributed by atoms with Crippen LogP contribution in [0.5, 0.6) is 0 Å². The molecule has 0 aromatic heterocycles. The number of hydrogen-bond donors (Lipinski definition) is 0. The topological polar surface area (TPSA) is 106 Å². The fraction of sp³-hybridized carbons (Fsp3) is 0.750. The smallest absolute Gasteiger partial charge is 0.420 e. The van der Waals surface area contributed by atoms with Gasteiger partial charge in [0.15, 0.2) is 0 Å². The van der Waals surface area contributed by atoms with Crippen molar-refractivity contribution < 1.29 is 28.6 Å². The zero-order valence-corrected chi connectivity index (χ0v) is 15.3. The molecule has 0 aliphatic carbocycles. The largest absolute Gasteiger partial charge is 0.467 e. The van der Waals surface area contributed by atoms with Gasteiger partial charge >= 0.3 is 18.2 Å². The Hall–Kier alpha value is -2.30. The van der Waals surface area contributed by atoms with Crippen LogP contribution in [-0.2, 0) is 19.0 Å². The van der Waals surface area contributed by atoms with Gasteiger partial charge in [-0.1, -0.05) is 0 Å². The van der Waals surface area contributed by atoms with Crippen LogP contribution in [0.3, 0.4) is 0 Å². The van der Waals surface area contributed by atoms with Crippen molar-refractivity contribution in [2.24, 2.45) is 0 Å². The molecule has 1 atom stereocenters. The van der Waals surface area contributed by atoms with Gasteiger partial charge in [-0.05, 0) is 48.0 Å². The van der Waals surface area contributed by atoms with Crippen molar-refractivity contribution in [2.45, 2.75) is 71.6 Å². The summed E-state index contributed by atoms with van der Waals surface area (Å²) < 4.78 is 15.0. The van der Waals surface area contributed by atoms with Crippen molar-refractivity contribution in [1.82, 2.24) is 4.90 Å². The van der Waals surface area contributed by atoms with Crippen LogP contribution in [0.1, 0.15) is 54.4 Å². The minimum atomic E-state index is -1.31. The molecule has 0 rings (SSSR count). The van der Waals surface area contributed by atoms with Crippen molar-refractivity contribution in [3.8, 4) is 6.07 Å². The highest BCUT2D eigenvalue weighted by Crippen LogP contribution is 2.19. The summed E-state index contributed by atoms with van der Waals surface area (Å²) in [6.45, 7) is 9.75. The lowest BCUT2D eigenvalue weighted by molar-refractivity contribution is -0.146. The van der Waals surface area contributed by atoms with E-state index in [-0.39, 0.29) is 12.8 Å². The van der Waals surface area contributed by atoms with Crippen LogP contribution in [0.4, 0.5) is 9.59 Å². The maximum atomic E-state index is 12.4. The van der Waals surface area contributed by atoms with Gasteiger partial charge in [0.2, 0.25) is 0 Å². The van der Waals surface area contributed by atoms with Gasteiger partial charge in [0, 0.05) is 6.42 Å². The Balaban J connectivity index is 5.70. The van der Waals surface area contributed by atoms with Crippen LogP contribution in [0.2, 0.25) is 0 Å². The normalized spacial score (nSPS) is 12.6. The second-order valence-corrected chi connectivity index (χ2v) is 7.07. The summed E-state index contributed by atoms with van der Waals surface area (Å²) in [4.78, 5) is 37.4. The standard InChI is InChI=1S/C16H26N2O6/c1-15(2,3)23-13(20)18(14(21)24-16(4,5)6)11(9-8-10-17)12(19)22-7/h11H,8-9H2,1-7H3. The third kappa shape index (κ3) is 7.81. The molecule has 0 bridgehead atoms. The number of methoxy groups -OCH3 is 1. The molecule has 0 N–H and O–H groups in total. The Morgan fingerprint density at radius 1 is 1.00 bits per heavy atom. The lowest BCUT2D eigenvalue weighted by atomic mass is 10.1. The van der Waals surface area contributed by atoms with E-state index < -0.39 is 35.4 Å². The average Bonchev–Trinajstić information content (AvgIpc) is 2.38. The summed E-state index contributed by atoms with van der Waals surface area (Å²) in [5.74, 6) is -0.832. The van der Waals surface area contributed by atoms with Gasteiger partial charge in [-0.3, -0.25) is 0 Å². The van der Waals surface area contributed by atoms with Crippen LogP contribution in [0.15, 0.2) is 0 Å². The molecule has 2 amide bonds. The number of carbonyl (C=O) groups excluding carboxylic acids is 3. The van der Waals surface area contributed by atoms with Gasteiger partial charge in [0.05, 0.1) is 13.2 Å². The van der Waals surface area contributed by atoms with Crippen LogP contribution >= 0.6 is 0 Å². The highest BCUT2D eigenvalue weighted by atomic mass is 16.6. The van der Waals surface area contributed by atoms with Crippen molar-refractivity contribution >= 4 is 18.2 Å². The number of nitrogens with zero attached hydrogens (tertiary/aromatic N) is 2. The summed E-state index contributed by atoms with van der Waals surface area (Å²) in [7, 11) is 1.13. The number of rotatable bonds is 4. The molecule has 0 saturated carbocycles. The quantitative estimate of drug-likeness (QED) is 0.571. The molecule has 8 nitrogen and oxygen atoms in total. The summed E-state index contributed by atoms with van der Waals surface area (Å²) in [5, 5.41) is 8.75. The lowest BCUT2D eigenvalue weighted by Crippen LogP contribution is -2.52. The Morgan fingerprint density at radius 3 is 1.71 bits per heavy atom. The second kappa shape index (κ2) is 8.52. The van der Waals surface area contributed by atoms with Crippen molar-refractivity contribution in [3.05, 3.63) is 0 Å². The number of carbonyl (C=O) groups is 3. The number of ether oxygens (including phenoxy) is 3. The molecule has 0 aromatic rings. The molecule has 0 aliphatic heterocycles. The van der Waals surface area contributed by atoms with Crippen LogP contribution in [0, 0.1) is 11.3 Å². The highest BCUT2D eigenvalue weighted by molar-refractivity contribution is 5.94. The minimum absolute atomic E-state index is 0.0537. The van der Waals surface area contributed by atoms with Crippen LogP contribution < -0.4 is 0 Å². The fourth-order valence-corrected chi connectivity index (χ4v) is 1.64. The maximum absolute atomic E-state index is 12.4.